The molecule has 0 aromatic heterocycles. The van der Waals surface area contributed by atoms with Gasteiger partial charge in [-0.3, -0.25) is 9.79 Å². The third-order valence-electron chi connectivity index (χ3n) is 7.00. The van der Waals surface area contributed by atoms with Gasteiger partial charge in [-0.1, -0.05) is 60.3 Å². The molecule has 0 spiro atoms. The van der Waals surface area contributed by atoms with E-state index in [1.807, 2.05) is 0 Å². The van der Waals surface area contributed by atoms with Gasteiger partial charge < -0.3 is 5.32 Å². The lowest BCUT2D eigenvalue weighted by atomic mass is 9.52. The van der Waals surface area contributed by atoms with Crippen molar-refractivity contribution in [3.8, 4) is 0 Å². The van der Waals surface area contributed by atoms with Gasteiger partial charge in [0.05, 0.1) is 11.5 Å². The first-order valence-electron chi connectivity index (χ1n) is 10.4. The number of nitrogens with one attached hydrogen (secondary N) is 1. The van der Waals surface area contributed by atoms with Crippen LogP contribution in [0.2, 0.25) is 0 Å². The average Bonchev–Trinajstić information content (AvgIpc) is 3.15. The Morgan fingerprint density at radius 3 is 2.40 bits per heavy atom. The Balaban J connectivity index is 1.35. The highest BCUT2D eigenvalue weighted by Crippen LogP contribution is 2.61. The molecular formula is C25H21FN2OS. The summed E-state index contributed by atoms with van der Waals surface area (Å²) in [5.41, 5.74) is 4.64. The molecule has 5 aliphatic rings. The molecule has 30 heavy (non-hydrogen) atoms. The summed E-state index contributed by atoms with van der Waals surface area (Å²) in [6.45, 7) is 2.08. The first-order valence-corrected chi connectivity index (χ1v) is 11.2. The number of thioether (sulfide) groups is 1. The maximum atomic E-state index is 13.6. The van der Waals surface area contributed by atoms with Crippen LogP contribution >= 0.6 is 11.8 Å². The molecule has 7 rings (SSSR count). The summed E-state index contributed by atoms with van der Waals surface area (Å²) in [5, 5.41) is 3.68. The molecule has 3 nitrogen and oxygen atoms in total. The third-order valence-corrected chi connectivity index (χ3v) is 8.03. The van der Waals surface area contributed by atoms with E-state index in [9.17, 15) is 9.18 Å². The predicted octanol–water partition coefficient (Wildman–Crippen LogP) is 5.40. The van der Waals surface area contributed by atoms with Crippen LogP contribution in [0.1, 0.15) is 53.9 Å². The second kappa shape index (κ2) is 6.42. The maximum absolute atomic E-state index is 13.6. The number of hydrogen-bond donors (Lipinski definition) is 1. The van der Waals surface area contributed by atoms with E-state index < -0.39 is 5.41 Å². The first kappa shape index (κ1) is 18.1. The molecule has 5 heteroatoms. The molecule has 2 bridgehead atoms. The number of allylic oxidation sites excluding steroid dienone is 2. The Hall–Kier alpha value is -2.66. The molecule has 2 atom stereocenters. The van der Waals surface area contributed by atoms with E-state index in [2.05, 4.69) is 65.8 Å². The third kappa shape index (κ3) is 2.51. The van der Waals surface area contributed by atoms with Crippen LogP contribution in [-0.2, 0) is 4.79 Å². The predicted molar refractivity (Wildman–Crippen MR) is 118 cm³/mol. The number of nitrogens with zero attached hydrogens (tertiary/aromatic N) is 1. The van der Waals surface area contributed by atoms with E-state index in [-0.39, 0.29) is 29.6 Å². The second-order valence-corrected chi connectivity index (χ2v) is 9.80. The number of benzene rings is 2. The number of carbonyl (C=O) groups excluding carboxylic acids is 1. The molecule has 4 aliphatic carbocycles. The number of carbonyl (C=O) groups is 1. The Labute approximate surface area is 179 Å². The largest absolute Gasteiger partial charge is 0.305 e. The molecule has 0 saturated carbocycles. The van der Waals surface area contributed by atoms with Crippen LogP contribution in [0.3, 0.4) is 0 Å². The summed E-state index contributed by atoms with van der Waals surface area (Å²) >= 11 is 1.38. The van der Waals surface area contributed by atoms with Gasteiger partial charge in [-0.15, -0.1) is 0 Å². The summed E-state index contributed by atoms with van der Waals surface area (Å²) in [6.07, 6.45) is 4.40. The van der Waals surface area contributed by atoms with E-state index in [1.165, 1.54) is 40.1 Å². The van der Waals surface area contributed by atoms with Gasteiger partial charge in [0, 0.05) is 16.7 Å². The molecule has 1 N–H and O–H groups in total. The van der Waals surface area contributed by atoms with Gasteiger partial charge in [-0.25, -0.2) is 4.39 Å². The van der Waals surface area contributed by atoms with Crippen LogP contribution in [0.25, 0.3) is 0 Å². The molecule has 1 heterocycles. The monoisotopic (exact) mass is 416 g/mol. The van der Waals surface area contributed by atoms with Crippen LogP contribution in [0.15, 0.2) is 76.4 Å². The zero-order valence-corrected chi connectivity index (χ0v) is 17.4. The summed E-state index contributed by atoms with van der Waals surface area (Å²) in [4.78, 5) is 19.1. The van der Waals surface area contributed by atoms with E-state index in [0.29, 0.717) is 11.6 Å². The number of hydrogen-bond acceptors (Lipinski definition) is 3. The highest BCUT2D eigenvalue weighted by molar-refractivity contribution is 8.17. The van der Waals surface area contributed by atoms with Gasteiger partial charge in [0.25, 0.3) is 0 Å². The van der Waals surface area contributed by atoms with E-state index >= 15 is 0 Å². The topological polar surface area (TPSA) is 41.5 Å². The smallest absolute Gasteiger partial charge is 0.232 e. The molecule has 1 amide bonds. The number of amides is 1. The Bertz CT molecular complexity index is 1140. The van der Waals surface area contributed by atoms with Gasteiger partial charge in [0.15, 0.2) is 5.17 Å². The highest BCUT2D eigenvalue weighted by atomic mass is 32.2. The van der Waals surface area contributed by atoms with Gasteiger partial charge in [-0.2, -0.15) is 0 Å². The summed E-state index contributed by atoms with van der Waals surface area (Å²) in [7, 11) is 0. The average molecular weight is 417 g/mol. The minimum Gasteiger partial charge on any atom is -0.305 e. The minimum absolute atomic E-state index is 0.000402. The molecule has 2 aromatic carbocycles. The van der Waals surface area contributed by atoms with Crippen molar-refractivity contribution in [1.82, 2.24) is 5.32 Å². The molecule has 0 saturated heterocycles. The minimum atomic E-state index is -0.567. The van der Waals surface area contributed by atoms with Crippen LogP contribution < -0.4 is 5.32 Å². The zero-order chi connectivity index (χ0) is 20.5. The van der Waals surface area contributed by atoms with Crippen molar-refractivity contribution in [3.05, 3.63) is 93.7 Å². The number of fused-ring (bicyclic) bond motifs is 2. The number of aliphatic imine (C=N–C) groups is 1. The van der Waals surface area contributed by atoms with Gasteiger partial charge in [0.2, 0.25) is 5.91 Å². The van der Waals surface area contributed by atoms with Gasteiger partial charge >= 0.3 is 0 Å². The SMILES string of the molecule is CC1(C(=O)NC2=NC3CC=C(F)C=C3S2)CC2c3ccccc3C1c1ccccc12. The lowest BCUT2D eigenvalue weighted by molar-refractivity contribution is -0.130. The summed E-state index contributed by atoms with van der Waals surface area (Å²) in [5.74, 6) is 0.0177. The Kier molecular flexibility index (Phi) is 3.88. The molecule has 0 fully saturated rings. The number of amidine groups is 1. The van der Waals surface area contributed by atoms with E-state index in [0.717, 1.165) is 11.3 Å². The van der Waals surface area contributed by atoms with Crippen molar-refractivity contribution in [2.45, 2.75) is 37.6 Å². The molecule has 1 aliphatic heterocycles. The molecule has 2 aromatic rings. The summed E-state index contributed by atoms with van der Waals surface area (Å²) in [6, 6.07) is 17.0. The normalized spacial score (nSPS) is 30.5. The lowest BCUT2D eigenvalue weighted by Gasteiger charge is -2.50. The maximum Gasteiger partial charge on any atom is 0.232 e. The van der Waals surface area contributed by atoms with Crippen molar-refractivity contribution >= 4 is 22.8 Å². The molecule has 2 unspecified atom stereocenters. The van der Waals surface area contributed by atoms with E-state index in [1.54, 1.807) is 6.08 Å². The fourth-order valence-corrected chi connectivity index (χ4v) is 6.62. The van der Waals surface area contributed by atoms with Gasteiger partial charge in [0.1, 0.15) is 5.83 Å². The van der Waals surface area contributed by atoms with Crippen LogP contribution in [0.5, 0.6) is 0 Å². The fraction of sp³-hybridized carbons (Fsp3) is 0.280. The van der Waals surface area contributed by atoms with Crippen molar-refractivity contribution < 1.29 is 9.18 Å². The van der Waals surface area contributed by atoms with Crippen LogP contribution in [-0.4, -0.2) is 17.1 Å². The number of rotatable bonds is 1. The Morgan fingerprint density at radius 1 is 1.10 bits per heavy atom. The lowest BCUT2D eigenvalue weighted by Crippen LogP contribution is -2.50. The van der Waals surface area contributed by atoms with Crippen LogP contribution in [0, 0.1) is 5.41 Å². The quantitative estimate of drug-likeness (QED) is 0.676. The van der Waals surface area contributed by atoms with Gasteiger partial charge in [-0.05, 0) is 54.2 Å². The van der Waals surface area contributed by atoms with Crippen molar-refractivity contribution in [2.24, 2.45) is 10.4 Å². The van der Waals surface area contributed by atoms with Crippen molar-refractivity contribution in [1.29, 1.82) is 0 Å². The molecular weight excluding hydrogens is 395 g/mol. The van der Waals surface area contributed by atoms with Crippen molar-refractivity contribution in [3.63, 3.8) is 0 Å². The van der Waals surface area contributed by atoms with Crippen molar-refractivity contribution in [2.75, 3.05) is 0 Å². The standard InChI is InChI=1S/C25H21FN2OS/c1-25(23(29)28-24-27-20-11-10-14(26)12-21(20)30-24)13-19-15-6-2-4-8-17(15)22(25)18-9-5-3-7-16(18)19/h2-10,12,19-20,22H,11,13H2,1H3,(H,27,28,29). The van der Waals surface area contributed by atoms with E-state index in [4.69, 9.17) is 0 Å². The zero-order valence-electron chi connectivity index (χ0n) is 16.6. The Morgan fingerprint density at radius 2 is 1.73 bits per heavy atom. The summed E-state index contributed by atoms with van der Waals surface area (Å²) < 4.78 is 13.6. The highest BCUT2D eigenvalue weighted by Gasteiger charge is 2.54. The second-order valence-electron chi connectivity index (χ2n) is 8.74. The number of halogens is 1. The first-order chi connectivity index (χ1) is 14.5. The van der Waals surface area contributed by atoms with Crippen LogP contribution in [0.4, 0.5) is 4.39 Å². The molecule has 150 valence electrons. The fourth-order valence-electron chi connectivity index (χ4n) is 5.61. The molecule has 0 radical (unpaired) electrons.